The largest absolute Gasteiger partial charge is 0.482 e. The molecule has 0 heterocycles. The van der Waals surface area contributed by atoms with Gasteiger partial charge in [0.1, 0.15) is 0 Å². The van der Waals surface area contributed by atoms with Gasteiger partial charge in [-0.15, -0.1) is 0 Å². The van der Waals surface area contributed by atoms with E-state index in [0.29, 0.717) is 5.56 Å². The van der Waals surface area contributed by atoms with Gasteiger partial charge in [-0.1, -0.05) is 20.8 Å². The van der Waals surface area contributed by atoms with Gasteiger partial charge in [-0.05, 0) is 17.9 Å². The van der Waals surface area contributed by atoms with Gasteiger partial charge >= 0.3 is 11.4 Å². The van der Waals surface area contributed by atoms with Gasteiger partial charge in [0.15, 0.2) is 0 Å². The van der Waals surface area contributed by atoms with E-state index in [0.717, 1.165) is 0 Å². The predicted octanol–water partition coefficient (Wildman–Crippen LogP) is 3.09. The molecular weight excluding hydrogens is 252 g/mol. The van der Waals surface area contributed by atoms with Crippen molar-refractivity contribution in [1.82, 2.24) is 0 Å². The summed E-state index contributed by atoms with van der Waals surface area (Å²) < 4.78 is 5.12. The van der Waals surface area contributed by atoms with Crippen LogP contribution >= 0.6 is 0 Å². The van der Waals surface area contributed by atoms with Crippen molar-refractivity contribution in [3.63, 3.8) is 0 Å². The first-order valence-electron chi connectivity index (χ1n) is 5.80. The van der Waals surface area contributed by atoms with Crippen molar-refractivity contribution in [3.05, 3.63) is 32.7 Å². The van der Waals surface area contributed by atoms with E-state index >= 15 is 0 Å². The van der Waals surface area contributed by atoms with E-state index in [4.69, 9.17) is 9.94 Å². The Kier molecular flexibility index (Phi) is 4.08. The first-order chi connectivity index (χ1) is 8.68. The third-order valence-electron chi connectivity index (χ3n) is 2.61. The lowest BCUT2D eigenvalue weighted by molar-refractivity contribution is -0.730. The number of benzene rings is 1. The number of hydrogen-bond donors (Lipinski definition) is 1. The molecule has 0 atom stereocenters. The second-order valence-electron chi connectivity index (χ2n) is 5.06. The molecule has 0 fully saturated rings. The molecule has 0 spiro atoms. The molecule has 0 aliphatic heterocycles. The standard InChI is InChI=1S/C12H17N2O5/c1-5-19-11-9(13(15)16)6-8(12(2,3)4)7-10(11)14(17)18/h6-7H,5H2,1-4H3,(H,15,16)/q+1. The number of ether oxygens (including phenoxy) is 1. The molecule has 0 amide bonds. The lowest BCUT2D eigenvalue weighted by atomic mass is 9.86. The van der Waals surface area contributed by atoms with Crippen LogP contribution in [0.15, 0.2) is 12.1 Å². The topological polar surface area (TPSA) is 92.7 Å². The zero-order valence-corrected chi connectivity index (χ0v) is 11.3. The van der Waals surface area contributed by atoms with Gasteiger partial charge in [-0.2, -0.15) is 0 Å². The van der Waals surface area contributed by atoms with Crippen LogP contribution in [-0.4, -0.2) is 21.7 Å². The molecule has 0 bridgehead atoms. The van der Waals surface area contributed by atoms with Gasteiger partial charge in [0.25, 0.3) is 10.7 Å². The van der Waals surface area contributed by atoms with Crippen molar-refractivity contribution in [2.75, 3.05) is 6.61 Å². The average molecular weight is 269 g/mol. The maximum atomic E-state index is 11.2. The molecule has 0 aliphatic rings. The fourth-order valence-electron chi connectivity index (χ4n) is 1.60. The van der Waals surface area contributed by atoms with Crippen molar-refractivity contribution in [3.8, 4) is 5.75 Å². The normalized spacial score (nSPS) is 11.2. The van der Waals surface area contributed by atoms with Crippen LogP contribution in [0.4, 0.5) is 11.4 Å². The number of nitrogens with zero attached hydrogens (tertiary/aromatic N) is 2. The molecule has 0 saturated carbocycles. The van der Waals surface area contributed by atoms with E-state index in [1.54, 1.807) is 6.92 Å². The van der Waals surface area contributed by atoms with Crippen molar-refractivity contribution < 1.29 is 19.8 Å². The van der Waals surface area contributed by atoms with E-state index < -0.39 is 15.3 Å². The first kappa shape index (κ1) is 14.9. The minimum Gasteiger partial charge on any atom is -0.482 e. The molecule has 19 heavy (non-hydrogen) atoms. The average Bonchev–Trinajstić information content (AvgIpc) is 2.27. The number of rotatable bonds is 4. The smallest absolute Gasteiger partial charge is 0.365 e. The molecule has 0 saturated heterocycles. The van der Waals surface area contributed by atoms with E-state index in [2.05, 4.69) is 0 Å². The number of hydrogen-bond acceptors (Lipinski definition) is 4. The van der Waals surface area contributed by atoms with Crippen LogP contribution in [0.5, 0.6) is 5.75 Å². The molecule has 7 nitrogen and oxygen atoms in total. The summed E-state index contributed by atoms with van der Waals surface area (Å²) >= 11 is 0. The Morgan fingerprint density at radius 3 is 2.16 bits per heavy atom. The second-order valence-corrected chi connectivity index (χ2v) is 5.06. The number of nitro benzene ring substituents is 1. The Hall–Kier alpha value is -2.18. The summed E-state index contributed by atoms with van der Waals surface area (Å²) in [5.74, 6) is -0.224. The maximum absolute atomic E-state index is 11.2. The van der Waals surface area contributed by atoms with E-state index in [1.165, 1.54) is 12.1 Å². The van der Waals surface area contributed by atoms with Gasteiger partial charge < -0.3 is 4.74 Å². The minimum absolute atomic E-state index is 0.149. The summed E-state index contributed by atoms with van der Waals surface area (Å²) in [7, 11) is 0. The van der Waals surface area contributed by atoms with Crippen molar-refractivity contribution >= 4 is 11.4 Å². The highest BCUT2D eigenvalue weighted by Crippen LogP contribution is 2.40. The quantitative estimate of drug-likeness (QED) is 0.669. The SMILES string of the molecule is CCOc1c([N+](=O)[O-])cc(C(C)(C)C)cc1[N+](=O)O. The summed E-state index contributed by atoms with van der Waals surface area (Å²) in [6, 6.07) is 2.75. The summed E-state index contributed by atoms with van der Waals surface area (Å²) in [6.07, 6.45) is 0. The zero-order chi connectivity index (χ0) is 14.8. The molecule has 1 rings (SSSR count). The Morgan fingerprint density at radius 2 is 1.79 bits per heavy atom. The molecule has 0 aliphatic carbocycles. The fraction of sp³-hybridized carbons (Fsp3) is 0.500. The first-order valence-corrected chi connectivity index (χ1v) is 5.80. The van der Waals surface area contributed by atoms with E-state index in [9.17, 15) is 15.0 Å². The van der Waals surface area contributed by atoms with E-state index in [1.807, 2.05) is 20.8 Å². The van der Waals surface area contributed by atoms with Crippen LogP contribution in [0.3, 0.4) is 0 Å². The monoisotopic (exact) mass is 269 g/mol. The third kappa shape index (κ3) is 3.18. The molecule has 0 aromatic heterocycles. The Morgan fingerprint density at radius 1 is 1.26 bits per heavy atom. The van der Waals surface area contributed by atoms with Crippen LogP contribution in [0, 0.1) is 15.0 Å². The van der Waals surface area contributed by atoms with E-state index in [-0.39, 0.29) is 23.7 Å². The summed E-state index contributed by atoms with van der Waals surface area (Å²) in [6.45, 7) is 7.34. The summed E-state index contributed by atoms with van der Waals surface area (Å²) in [5, 5.41) is 20.2. The highest BCUT2D eigenvalue weighted by atomic mass is 16.6. The summed E-state index contributed by atoms with van der Waals surface area (Å²) in [5.41, 5.74) is -0.437. The lowest BCUT2D eigenvalue weighted by Crippen LogP contribution is -2.13. The highest BCUT2D eigenvalue weighted by Gasteiger charge is 2.33. The van der Waals surface area contributed by atoms with Crippen molar-refractivity contribution in [2.45, 2.75) is 33.1 Å². The molecule has 1 aromatic carbocycles. The van der Waals surface area contributed by atoms with Crippen molar-refractivity contribution in [1.29, 1.82) is 0 Å². The third-order valence-corrected chi connectivity index (χ3v) is 2.61. The Balaban J connectivity index is 3.62. The maximum Gasteiger partial charge on any atom is 0.365 e. The molecule has 0 unspecified atom stereocenters. The van der Waals surface area contributed by atoms with Crippen LogP contribution < -0.4 is 4.74 Å². The van der Waals surface area contributed by atoms with Gasteiger partial charge in [-0.25, -0.2) is 5.21 Å². The Labute approximate surface area is 110 Å². The summed E-state index contributed by atoms with van der Waals surface area (Å²) in [4.78, 5) is 21.2. The van der Waals surface area contributed by atoms with Gasteiger partial charge in [0.2, 0.25) is 0 Å². The van der Waals surface area contributed by atoms with Gasteiger partial charge in [-0.3, -0.25) is 10.1 Å². The molecule has 7 heteroatoms. The molecule has 104 valence electrons. The van der Waals surface area contributed by atoms with Crippen LogP contribution in [0.1, 0.15) is 33.3 Å². The molecular formula is C12H17N2O5+. The Bertz CT molecular complexity index is 484. The number of nitro groups is 1. The van der Waals surface area contributed by atoms with Crippen LogP contribution in [0.2, 0.25) is 0 Å². The lowest BCUT2D eigenvalue weighted by Gasteiger charge is -2.18. The fourth-order valence-corrected chi connectivity index (χ4v) is 1.60. The zero-order valence-electron chi connectivity index (χ0n) is 11.3. The van der Waals surface area contributed by atoms with Gasteiger partial charge in [0.05, 0.1) is 16.4 Å². The van der Waals surface area contributed by atoms with Crippen LogP contribution in [-0.2, 0) is 5.41 Å². The van der Waals surface area contributed by atoms with Gasteiger partial charge in [0, 0.05) is 12.1 Å². The van der Waals surface area contributed by atoms with Crippen molar-refractivity contribution in [2.24, 2.45) is 0 Å². The highest BCUT2D eigenvalue weighted by molar-refractivity contribution is 5.62. The molecule has 1 N–H and O–H groups in total. The minimum atomic E-state index is -0.632. The van der Waals surface area contributed by atoms with Crippen LogP contribution in [0.25, 0.3) is 0 Å². The predicted molar refractivity (Wildman–Crippen MR) is 68.0 cm³/mol. The molecule has 0 radical (unpaired) electrons. The molecule has 1 aromatic rings. The second kappa shape index (κ2) is 5.21.